The van der Waals surface area contributed by atoms with E-state index in [0.717, 1.165) is 23.8 Å². The fraction of sp³-hybridized carbons (Fsp3) is 0.286. The van der Waals surface area contributed by atoms with Crippen LogP contribution in [0.1, 0.15) is 12.8 Å². The number of hydrogen-bond acceptors (Lipinski definition) is 5. The molecule has 2 aromatic rings. The van der Waals surface area contributed by atoms with Gasteiger partial charge in [-0.3, -0.25) is 4.79 Å². The number of carbonyl (C=O) groups excluding carboxylic acids is 1. The lowest BCUT2D eigenvalue weighted by Crippen LogP contribution is -2.27. The minimum absolute atomic E-state index is 0.0447. The molecule has 2 aliphatic rings. The van der Waals surface area contributed by atoms with Gasteiger partial charge in [0, 0.05) is 5.22 Å². The van der Waals surface area contributed by atoms with E-state index in [9.17, 15) is 4.79 Å². The zero-order chi connectivity index (χ0) is 17.8. The fourth-order valence-electron chi connectivity index (χ4n) is 3.00. The largest absolute Gasteiger partial charge is 0.494 e. The molecule has 0 aromatic heterocycles. The van der Waals surface area contributed by atoms with Crippen LogP contribution < -0.4 is 29.4 Å². The van der Waals surface area contributed by atoms with E-state index in [1.54, 1.807) is 6.08 Å². The molecule has 0 atom stereocenters. The van der Waals surface area contributed by atoms with E-state index in [4.69, 9.17) is 18.9 Å². The van der Waals surface area contributed by atoms with Gasteiger partial charge in [0.15, 0.2) is 23.9 Å². The van der Waals surface area contributed by atoms with Gasteiger partial charge >= 0.3 is 0 Å². The Morgan fingerprint density at radius 1 is 0.962 bits per heavy atom. The van der Waals surface area contributed by atoms with Crippen LogP contribution in [0.5, 0.6) is 23.0 Å². The summed E-state index contributed by atoms with van der Waals surface area (Å²) < 4.78 is 22.8. The molecule has 5 nitrogen and oxygen atoms in total. The Kier molecular flexibility index (Phi) is 4.78. The summed E-state index contributed by atoms with van der Waals surface area (Å²) in [5.74, 6) is 2.78. The second kappa shape index (κ2) is 7.52. The summed E-state index contributed by atoms with van der Waals surface area (Å²) in [6, 6.07) is 11.7. The highest BCUT2D eigenvalue weighted by Crippen LogP contribution is 2.26. The molecule has 0 fully saturated rings. The Morgan fingerprint density at radius 3 is 2.62 bits per heavy atom. The molecule has 0 spiro atoms. The Bertz CT molecular complexity index is 918. The first-order valence-electron chi connectivity index (χ1n) is 8.79. The summed E-state index contributed by atoms with van der Waals surface area (Å²) in [5.41, 5.74) is 0. The zero-order valence-electron chi connectivity index (χ0n) is 14.4. The average Bonchev–Trinajstić information content (AvgIpc) is 3.13. The molecule has 5 heteroatoms. The van der Waals surface area contributed by atoms with Crippen LogP contribution in [0.4, 0.5) is 0 Å². The van der Waals surface area contributed by atoms with Gasteiger partial charge < -0.3 is 18.9 Å². The highest BCUT2D eigenvalue weighted by Gasteiger charge is 2.21. The van der Waals surface area contributed by atoms with Gasteiger partial charge in [-0.2, -0.15) is 0 Å². The van der Waals surface area contributed by atoms with Gasteiger partial charge in [-0.25, -0.2) is 0 Å². The summed E-state index contributed by atoms with van der Waals surface area (Å²) in [5, 5.41) is 1.63. The molecule has 4 rings (SSSR count). The Balaban J connectivity index is 1.37. The number of ketones is 1. The summed E-state index contributed by atoms with van der Waals surface area (Å²) in [4.78, 5) is 11.7. The maximum Gasteiger partial charge on any atom is 0.193 e. The minimum atomic E-state index is -0.0689. The third kappa shape index (κ3) is 3.52. The molecular weight excluding hydrogens is 332 g/mol. The number of unbranched alkanes of at least 4 members (excludes halogenated alkanes) is 1. The van der Waals surface area contributed by atoms with Crippen LogP contribution in [-0.2, 0) is 4.79 Å². The third-order valence-corrected chi connectivity index (χ3v) is 4.27. The molecule has 0 radical (unpaired) electrons. The number of benzene rings is 2. The Morgan fingerprint density at radius 2 is 1.77 bits per heavy atom. The Labute approximate surface area is 151 Å². The molecule has 0 aliphatic carbocycles. The number of Topliss-reactive ketones (excluding diaryl/α,β-unsaturated/α-hetero) is 1. The van der Waals surface area contributed by atoms with E-state index in [-0.39, 0.29) is 12.4 Å². The van der Waals surface area contributed by atoms with Crippen molar-refractivity contribution in [2.45, 2.75) is 12.8 Å². The molecule has 0 unspecified atom stereocenters. The maximum atomic E-state index is 11.7. The Hall–Kier alpha value is -2.95. The molecule has 2 heterocycles. The first-order valence-corrected chi connectivity index (χ1v) is 8.79. The molecule has 0 bridgehead atoms. The van der Waals surface area contributed by atoms with Crippen LogP contribution in [0.2, 0.25) is 0 Å². The van der Waals surface area contributed by atoms with E-state index in [0.29, 0.717) is 42.3 Å². The summed E-state index contributed by atoms with van der Waals surface area (Å²) in [7, 11) is 0. The lowest BCUT2D eigenvalue weighted by Gasteiger charge is -2.16. The molecule has 0 saturated carbocycles. The molecule has 0 amide bonds. The second-order valence-electron chi connectivity index (χ2n) is 6.17. The number of ether oxygens (including phenoxy) is 4. The van der Waals surface area contributed by atoms with E-state index in [2.05, 4.69) is 0 Å². The topological polar surface area (TPSA) is 54.0 Å². The van der Waals surface area contributed by atoms with Crippen LogP contribution in [0.25, 0.3) is 12.2 Å². The van der Waals surface area contributed by atoms with Crippen molar-refractivity contribution >= 4 is 17.9 Å². The predicted molar refractivity (Wildman–Crippen MR) is 97.3 cm³/mol. The number of rotatable bonds is 7. The monoisotopic (exact) mass is 352 g/mol. The highest BCUT2D eigenvalue weighted by atomic mass is 16.5. The lowest BCUT2D eigenvalue weighted by molar-refractivity contribution is -0.115. The van der Waals surface area contributed by atoms with Gasteiger partial charge in [-0.05, 0) is 43.2 Å². The van der Waals surface area contributed by atoms with Gasteiger partial charge in [0.05, 0.1) is 18.4 Å². The molecule has 26 heavy (non-hydrogen) atoms. The molecule has 0 N–H and O–H groups in total. The van der Waals surface area contributed by atoms with Gasteiger partial charge in [-0.1, -0.05) is 18.2 Å². The average molecular weight is 352 g/mol. The van der Waals surface area contributed by atoms with Crippen LogP contribution in [0.3, 0.4) is 0 Å². The van der Waals surface area contributed by atoms with Crippen molar-refractivity contribution in [2.24, 2.45) is 0 Å². The minimum Gasteiger partial charge on any atom is -0.494 e. The second-order valence-corrected chi connectivity index (χ2v) is 6.17. The first kappa shape index (κ1) is 16.5. The van der Waals surface area contributed by atoms with E-state index >= 15 is 0 Å². The predicted octanol–water partition coefficient (Wildman–Crippen LogP) is 1.84. The van der Waals surface area contributed by atoms with Crippen LogP contribution in [0.15, 0.2) is 36.4 Å². The summed E-state index contributed by atoms with van der Waals surface area (Å²) in [6.07, 6.45) is 5.30. The van der Waals surface area contributed by atoms with E-state index in [1.807, 2.05) is 42.5 Å². The highest BCUT2D eigenvalue weighted by molar-refractivity contribution is 6.08. The summed E-state index contributed by atoms with van der Waals surface area (Å²) in [6.45, 7) is 1.75. The van der Waals surface area contributed by atoms with Crippen molar-refractivity contribution in [3.63, 3.8) is 0 Å². The molecule has 134 valence electrons. The van der Waals surface area contributed by atoms with Gasteiger partial charge in [-0.15, -0.1) is 0 Å². The zero-order valence-corrected chi connectivity index (χ0v) is 14.4. The standard InChI is InChI=1S/C21H20O5/c22-16-13-18-19(12-15-8-11-25-20(15)21(18)26-14-16)24-10-5-4-9-23-17-6-2-1-3-7-17/h1-3,6-8,12-13H,4-5,9-11,14H2. The van der Waals surface area contributed by atoms with Crippen LogP contribution in [0, 0.1) is 0 Å². The molecular formula is C21H20O5. The van der Waals surface area contributed by atoms with E-state index in [1.165, 1.54) is 0 Å². The van der Waals surface area contributed by atoms with E-state index < -0.39 is 0 Å². The normalized spacial score (nSPS) is 14.2. The van der Waals surface area contributed by atoms with Crippen molar-refractivity contribution in [2.75, 3.05) is 26.4 Å². The third-order valence-electron chi connectivity index (χ3n) is 4.27. The smallest absolute Gasteiger partial charge is 0.193 e. The molecule has 2 aliphatic heterocycles. The number of carbonyl (C=O) groups is 1. The van der Waals surface area contributed by atoms with Gasteiger partial charge in [0.25, 0.3) is 0 Å². The fourth-order valence-corrected chi connectivity index (χ4v) is 3.00. The van der Waals surface area contributed by atoms with Crippen molar-refractivity contribution in [3.05, 3.63) is 46.8 Å². The van der Waals surface area contributed by atoms with Gasteiger partial charge in [0.1, 0.15) is 18.1 Å². The number of para-hydroxylation sites is 1. The quantitative estimate of drug-likeness (QED) is 0.712. The number of hydrogen-bond donors (Lipinski definition) is 0. The summed E-state index contributed by atoms with van der Waals surface area (Å²) >= 11 is 0. The number of fused-ring (bicyclic) bond motifs is 3. The van der Waals surface area contributed by atoms with Crippen molar-refractivity contribution in [1.29, 1.82) is 0 Å². The van der Waals surface area contributed by atoms with Crippen molar-refractivity contribution in [1.82, 2.24) is 0 Å². The SMILES string of the molecule is O=C1C=c2c(OCCCCOc3ccccc3)cc3c(c2OC1)OCC=3. The van der Waals surface area contributed by atoms with Crippen molar-refractivity contribution < 1.29 is 23.7 Å². The molecule has 2 aromatic carbocycles. The van der Waals surface area contributed by atoms with Gasteiger partial charge in [0.2, 0.25) is 0 Å². The molecule has 0 saturated heterocycles. The van der Waals surface area contributed by atoms with Crippen molar-refractivity contribution in [3.8, 4) is 23.0 Å². The maximum absolute atomic E-state index is 11.7. The van der Waals surface area contributed by atoms with Crippen LogP contribution in [-0.4, -0.2) is 32.2 Å². The lowest BCUT2D eigenvalue weighted by atomic mass is 10.1. The van der Waals surface area contributed by atoms with Crippen LogP contribution >= 0.6 is 0 Å². The first-order chi connectivity index (χ1) is 12.8.